The van der Waals surface area contributed by atoms with Crippen molar-refractivity contribution < 1.29 is 14.6 Å². The van der Waals surface area contributed by atoms with E-state index >= 15 is 0 Å². The molecule has 1 aliphatic rings. The number of piperidine rings is 1. The molecule has 0 saturated carbocycles. The molecule has 0 unspecified atom stereocenters. The Morgan fingerprint density at radius 2 is 2.32 bits per heavy atom. The van der Waals surface area contributed by atoms with Gasteiger partial charge in [0.1, 0.15) is 0 Å². The van der Waals surface area contributed by atoms with Gasteiger partial charge in [-0.3, -0.25) is 0 Å². The zero-order chi connectivity index (χ0) is 13.5. The summed E-state index contributed by atoms with van der Waals surface area (Å²) < 4.78 is 5.67. The van der Waals surface area contributed by atoms with E-state index in [9.17, 15) is 4.79 Å². The molecule has 2 N–H and O–H groups in total. The Morgan fingerprint density at radius 1 is 1.53 bits per heavy atom. The van der Waals surface area contributed by atoms with Crippen LogP contribution in [0.1, 0.15) is 18.4 Å². The maximum Gasteiger partial charge on any atom is 0.382 e. The van der Waals surface area contributed by atoms with E-state index in [2.05, 4.69) is 22.1 Å². The number of carbonyl (C=O) groups is 1. The summed E-state index contributed by atoms with van der Waals surface area (Å²) in [4.78, 5) is 14.6. The fourth-order valence-electron chi connectivity index (χ4n) is 1.97. The molecule has 0 amide bonds. The second-order valence-electron chi connectivity index (χ2n) is 4.42. The summed E-state index contributed by atoms with van der Waals surface area (Å²) in [7, 11) is 0. The summed E-state index contributed by atoms with van der Waals surface area (Å²) in [5, 5.41) is 11.9. The minimum absolute atomic E-state index is 0.412. The van der Waals surface area contributed by atoms with Crippen molar-refractivity contribution in [1.29, 1.82) is 0 Å². The third-order valence-corrected chi connectivity index (χ3v) is 2.99. The van der Waals surface area contributed by atoms with E-state index in [0.717, 1.165) is 25.9 Å². The highest BCUT2D eigenvalue weighted by molar-refractivity contribution is 5.87. The highest BCUT2D eigenvalue weighted by Crippen LogP contribution is 2.17. The molecule has 100 valence electrons. The van der Waals surface area contributed by atoms with Crippen molar-refractivity contribution >= 4 is 5.97 Å². The number of aromatic nitrogens is 1. The van der Waals surface area contributed by atoms with Gasteiger partial charge in [0.25, 0.3) is 0 Å². The number of nitrogens with one attached hydrogen (secondary N) is 1. The first kappa shape index (κ1) is 13.4. The van der Waals surface area contributed by atoms with Crippen LogP contribution >= 0.6 is 0 Å². The fourth-order valence-corrected chi connectivity index (χ4v) is 1.97. The number of rotatable bonds is 3. The van der Waals surface area contributed by atoms with Gasteiger partial charge in [0.05, 0.1) is 12.2 Å². The molecule has 1 aromatic heterocycles. The number of carboxylic acids is 1. The van der Waals surface area contributed by atoms with Crippen LogP contribution in [0.5, 0.6) is 5.88 Å². The molecule has 0 aliphatic carbocycles. The second kappa shape index (κ2) is 6.76. The fraction of sp³-hybridized carbons (Fsp3) is 0.429. The summed E-state index contributed by atoms with van der Waals surface area (Å²) in [6.07, 6.45) is 3.79. The summed E-state index contributed by atoms with van der Waals surface area (Å²) in [6.45, 7) is 2.63. The Morgan fingerprint density at radius 3 is 3.05 bits per heavy atom. The minimum atomic E-state index is -1.16. The Hall–Kier alpha value is -2.06. The predicted octanol–water partition coefficient (Wildman–Crippen LogP) is 0.896. The van der Waals surface area contributed by atoms with Crippen molar-refractivity contribution in [3.63, 3.8) is 0 Å². The van der Waals surface area contributed by atoms with Crippen LogP contribution in [-0.2, 0) is 4.79 Å². The van der Waals surface area contributed by atoms with Crippen LogP contribution in [0.25, 0.3) is 0 Å². The van der Waals surface area contributed by atoms with Crippen LogP contribution in [0.3, 0.4) is 0 Å². The van der Waals surface area contributed by atoms with Gasteiger partial charge in [-0.1, -0.05) is 0 Å². The lowest BCUT2D eigenvalue weighted by Crippen LogP contribution is -2.30. The molecular formula is C14H16N2O3. The van der Waals surface area contributed by atoms with E-state index in [-0.39, 0.29) is 0 Å². The van der Waals surface area contributed by atoms with Gasteiger partial charge >= 0.3 is 5.97 Å². The number of aliphatic carboxylic acids is 1. The summed E-state index contributed by atoms with van der Waals surface area (Å²) in [5.41, 5.74) is 0.513. The molecule has 1 aromatic rings. The van der Waals surface area contributed by atoms with Gasteiger partial charge in [-0.15, -0.1) is 0 Å². The number of carboxylic acid groups (broad SMARTS) is 1. The van der Waals surface area contributed by atoms with E-state index in [4.69, 9.17) is 9.84 Å². The standard InChI is InChI=1S/C14H16N2O3/c17-13(18)4-3-12-2-1-7-16-14(12)19-10-11-5-8-15-9-6-11/h1-2,7,11,15H,5-6,8-10H2,(H,17,18). The Balaban J connectivity index is 1.99. The van der Waals surface area contributed by atoms with Crippen molar-refractivity contribution in [3.05, 3.63) is 23.9 Å². The SMILES string of the molecule is O=C(O)C#Cc1cccnc1OCC1CCNCC1. The molecule has 2 rings (SSSR count). The van der Waals surface area contributed by atoms with Gasteiger partial charge in [0.2, 0.25) is 5.88 Å². The number of pyridine rings is 1. The van der Waals surface area contributed by atoms with Gasteiger partial charge in [0.15, 0.2) is 0 Å². The average molecular weight is 260 g/mol. The Kier molecular flexibility index (Phi) is 4.76. The van der Waals surface area contributed by atoms with Crippen LogP contribution in [0.2, 0.25) is 0 Å². The lowest BCUT2D eigenvalue weighted by molar-refractivity contribution is -0.130. The van der Waals surface area contributed by atoms with E-state index < -0.39 is 5.97 Å². The monoisotopic (exact) mass is 260 g/mol. The van der Waals surface area contributed by atoms with Crippen molar-refractivity contribution in [3.8, 4) is 17.7 Å². The number of hydrogen-bond acceptors (Lipinski definition) is 4. The third kappa shape index (κ3) is 4.27. The smallest absolute Gasteiger partial charge is 0.382 e. The van der Waals surface area contributed by atoms with Crippen LogP contribution in [0.15, 0.2) is 18.3 Å². The zero-order valence-corrected chi connectivity index (χ0v) is 10.6. The molecule has 2 heterocycles. The molecule has 19 heavy (non-hydrogen) atoms. The first-order chi connectivity index (χ1) is 9.25. The van der Waals surface area contributed by atoms with Gasteiger partial charge in [0, 0.05) is 12.1 Å². The predicted molar refractivity (Wildman–Crippen MR) is 69.8 cm³/mol. The maximum absolute atomic E-state index is 10.4. The van der Waals surface area contributed by atoms with Crippen molar-refractivity contribution in [2.24, 2.45) is 5.92 Å². The molecule has 0 radical (unpaired) electrons. The largest absolute Gasteiger partial charge is 0.476 e. The zero-order valence-electron chi connectivity index (χ0n) is 10.6. The molecule has 0 spiro atoms. The van der Waals surface area contributed by atoms with E-state index in [1.807, 2.05) is 0 Å². The normalized spacial score (nSPS) is 15.4. The van der Waals surface area contributed by atoms with E-state index in [0.29, 0.717) is 24.0 Å². The topological polar surface area (TPSA) is 71.5 Å². The number of ether oxygens (including phenoxy) is 1. The average Bonchev–Trinajstić information content (AvgIpc) is 2.45. The summed E-state index contributed by atoms with van der Waals surface area (Å²) in [6, 6.07) is 3.42. The molecule has 1 fully saturated rings. The quantitative estimate of drug-likeness (QED) is 0.790. The number of hydrogen-bond donors (Lipinski definition) is 2. The minimum Gasteiger partial charge on any atom is -0.476 e. The van der Waals surface area contributed by atoms with Crippen molar-refractivity contribution in [1.82, 2.24) is 10.3 Å². The van der Waals surface area contributed by atoms with Crippen LogP contribution in [0, 0.1) is 17.8 Å². The number of nitrogens with zero attached hydrogens (tertiary/aromatic N) is 1. The molecule has 1 saturated heterocycles. The lowest BCUT2D eigenvalue weighted by Gasteiger charge is -2.22. The van der Waals surface area contributed by atoms with Gasteiger partial charge in [-0.05, 0) is 49.9 Å². The highest BCUT2D eigenvalue weighted by Gasteiger charge is 2.14. The molecule has 0 bridgehead atoms. The molecule has 1 aliphatic heterocycles. The van der Waals surface area contributed by atoms with Gasteiger partial charge in [-0.2, -0.15) is 0 Å². The van der Waals surface area contributed by atoms with E-state index in [1.165, 1.54) is 0 Å². The first-order valence-corrected chi connectivity index (χ1v) is 6.29. The Bertz CT molecular complexity index is 499. The van der Waals surface area contributed by atoms with Gasteiger partial charge in [-0.25, -0.2) is 9.78 Å². The highest BCUT2D eigenvalue weighted by atomic mass is 16.5. The van der Waals surface area contributed by atoms with Crippen molar-refractivity contribution in [2.45, 2.75) is 12.8 Å². The van der Waals surface area contributed by atoms with Gasteiger partial charge < -0.3 is 15.2 Å². The third-order valence-electron chi connectivity index (χ3n) is 2.99. The molecule has 5 nitrogen and oxygen atoms in total. The molecule has 5 heteroatoms. The molecule has 0 atom stereocenters. The van der Waals surface area contributed by atoms with Crippen LogP contribution in [0.4, 0.5) is 0 Å². The van der Waals surface area contributed by atoms with Crippen LogP contribution < -0.4 is 10.1 Å². The molecular weight excluding hydrogens is 244 g/mol. The summed E-state index contributed by atoms with van der Waals surface area (Å²) in [5.74, 6) is 4.40. The van der Waals surface area contributed by atoms with E-state index in [1.54, 1.807) is 18.3 Å². The van der Waals surface area contributed by atoms with Crippen LogP contribution in [-0.4, -0.2) is 35.8 Å². The second-order valence-corrected chi connectivity index (χ2v) is 4.42. The van der Waals surface area contributed by atoms with Crippen molar-refractivity contribution in [2.75, 3.05) is 19.7 Å². The Labute approximate surface area is 112 Å². The maximum atomic E-state index is 10.4. The first-order valence-electron chi connectivity index (χ1n) is 6.29. The summed E-state index contributed by atoms with van der Waals surface area (Å²) >= 11 is 0. The molecule has 0 aromatic carbocycles. The lowest BCUT2D eigenvalue weighted by atomic mass is 9.99.